The van der Waals surface area contributed by atoms with Gasteiger partial charge >= 0.3 is 0 Å². The van der Waals surface area contributed by atoms with Crippen molar-refractivity contribution >= 4 is 21.6 Å². The third-order valence-corrected chi connectivity index (χ3v) is 3.16. The second-order valence-electron chi connectivity index (χ2n) is 4.78. The summed E-state index contributed by atoms with van der Waals surface area (Å²) in [5.41, 5.74) is 2.68. The van der Waals surface area contributed by atoms with Gasteiger partial charge in [-0.1, -0.05) is 32.4 Å². The van der Waals surface area contributed by atoms with Crippen molar-refractivity contribution in [1.82, 2.24) is 4.37 Å². The average molecular weight is 205 g/mol. The largest absolute Gasteiger partial charge is 0.196 e. The summed E-state index contributed by atoms with van der Waals surface area (Å²) in [5, 5.41) is 1.32. The molecule has 0 saturated carbocycles. The second kappa shape index (κ2) is 3.06. The van der Waals surface area contributed by atoms with Gasteiger partial charge in [-0.3, -0.25) is 0 Å². The van der Waals surface area contributed by atoms with Crippen LogP contribution in [0, 0.1) is 6.92 Å². The summed E-state index contributed by atoms with van der Waals surface area (Å²) in [4.78, 5) is 0. The Balaban J connectivity index is 2.73. The highest BCUT2D eigenvalue weighted by Crippen LogP contribution is 2.32. The molecule has 14 heavy (non-hydrogen) atoms. The van der Waals surface area contributed by atoms with Crippen LogP contribution in [-0.2, 0) is 5.41 Å². The minimum Gasteiger partial charge on any atom is -0.196 e. The normalized spacial score (nSPS) is 12.3. The number of rotatable bonds is 0. The van der Waals surface area contributed by atoms with Gasteiger partial charge in [0.1, 0.15) is 0 Å². The third kappa shape index (κ3) is 1.55. The number of nitrogens with zero attached hydrogens (tertiary/aromatic N) is 1. The Morgan fingerprint density at radius 3 is 2.57 bits per heavy atom. The molecule has 1 heterocycles. The smallest absolute Gasteiger partial charge is 0.0674 e. The van der Waals surface area contributed by atoms with Gasteiger partial charge in [0.2, 0.25) is 0 Å². The van der Waals surface area contributed by atoms with Gasteiger partial charge in [-0.2, -0.15) is 4.37 Å². The predicted octanol–water partition coefficient (Wildman–Crippen LogP) is 3.90. The lowest BCUT2D eigenvalue weighted by molar-refractivity contribution is 0.581. The van der Waals surface area contributed by atoms with E-state index in [0.717, 1.165) is 0 Å². The minimum absolute atomic E-state index is 0.145. The maximum absolute atomic E-state index is 4.55. The molecule has 0 fully saturated rings. The van der Waals surface area contributed by atoms with Gasteiger partial charge in [-0.15, -0.1) is 0 Å². The quantitative estimate of drug-likeness (QED) is 0.635. The molecule has 1 aromatic carbocycles. The first-order chi connectivity index (χ1) is 6.48. The molecule has 2 heteroatoms. The highest BCUT2D eigenvalue weighted by atomic mass is 32.1. The molecule has 0 amide bonds. The van der Waals surface area contributed by atoms with Crippen molar-refractivity contribution < 1.29 is 0 Å². The molecule has 2 rings (SSSR count). The molecular weight excluding hydrogens is 190 g/mol. The Labute approximate surface area is 88.9 Å². The van der Waals surface area contributed by atoms with Crippen molar-refractivity contribution in [3.05, 3.63) is 29.5 Å². The zero-order chi connectivity index (χ0) is 10.3. The van der Waals surface area contributed by atoms with E-state index in [-0.39, 0.29) is 5.41 Å². The Bertz CT molecular complexity index is 463. The van der Waals surface area contributed by atoms with Crippen LogP contribution in [0.25, 0.3) is 10.1 Å². The molecule has 1 aromatic heterocycles. The molecule has 0 spiro atoms. The topological polar surface area (TPSA) is 12.9 Å². The molecule has 74 valence electrons. The fourth-order valence-electron chi connectivity index (χ4n) is 1.59. The standard InChI is InChI=1S/C12H15NS/c1-8-5-6-10-9(7-8)11(13-14-10)12(2,3)4/h5-7H,1-4H3. The molecular formula is C12H15NS. The monoisotopic (exact) mass is 205 g/mol. The Morgan fingerprint density at radius 1 is 1.21 bits per heavy atom. The molecule has 0 aliphatic rings. The van der Waals surface area contributed by atoms with Crippen LogP contribution in [-0.4, -0.2) is 4.37 Å². The van der Waals surface area contributed by atoms with Crippen LogP contribution in [0.4, 0.5) is 0 Å². The molecule has 0 bridgehead atoms. The van der Waals surface area contributed by atoms with Crippen LogP contribution >= 0.6 is 11.5 Å². The lowest BCUT2D eigenvalue weighted by Gasteiger charge is -2.15. The molecule has 0 aliphatic heterocycles. The lowest BCUT2D eigenvalue weighted by Crippen LogP contribution is -2.11. The van der Waals surface area contributed by atoms with E-state index >= 15 is 0 Å². The van der Waals surface area contributed by atoms with Crippen molar-refractivity contribution in [3.63, 3.8) is 0 Å². The second-order valence-corrected chi connectivity index (χ2v) is 5.59. The van der Waals surface area contributed by atoms with Crippen LogP contribution in [0.15, 0.2) is 18.2 Å². The van der Waals surface area contributed by atoms with Crippen LogP contribution in [0.2, 0.25) is 0 Å². The molecule has 0 atom stereocenters. The van der Waals surface area contributed by atoms with Gasteiger partial charge in [0.25, 0.3) is 0 Å². The van der Waals surface area contributed by atoms with Gasteiger partial charge in [-0.05, 0) is 30.6 Å². The molecule has 0 radical (unpaired) electrons. The molecule has 0 N–H and O–H groups in total. The summed E-state index contributed by atoms with van der Waals surface area (Å²) in [6.07, 6.45) is 0. The number of benzene rings is 1. The van der Waals surface area contributed by atoms with Crippen molar-refractivity contribution in [1.29, 1.82) is 0 Å². The Kier molecular flexibility index (Phi) is 2.11. The summed E-state index contributed by atoms with van der Waals surface area (Å²) in [5.74, 6) is 0. The number of aryl methyl sites for hydroxylation is 1. The summed E-state index contributed by atoms with van der Waals surface area (Å²) < 4.78 is 5.84. The van der Waals surface area contributed by atoms with Crippen LogP contribution in [0.3, 0.4) is 0 Å². The van der Waals surface area contributed by atoms with Gasteiger partial charge in [0.15, 0.2) is 0 Å². The third-order valence-electron chi connectivity index (χ3n) is 2.34. The number of aromatic nitrogens is 1. The van der Waals surface area contributed by atoms with E-state index in [9.17, 15) is 0 Å². The molecule has 1 nitrogen and oxygen atoms in total. The fourth-order valence-corrected chi connectivity index (χ4v) is 2.54. The van der Waals surface area contributed by atoms with E-state index in [1.807, 2.05) is 0 Å². The maximum atomic E-state index is 4.55. The maximum Gasteiger partial charge on any atom is 0.0674 e. The van der Waals surface area contributed by atoms with Gasteiger partial charge in [0.05, 0.1) is 10.4 Å². The van der Waals surface area contributed by atoms with E-state index in [0.29, 0.717) is 0 Å². The zero-order valence-corrected chi connectivity index (χ0v) is 9.90. The van der Waals surface area contributed by atoms with E-state index in [1.54, 1.807) is 11.5 Å². The SMILES string of the molecule is Cc1ccc2snc(C(C)(C)C)c2c1. The highest BCUT2D eigenvalue weighted by molar-refractivity contribution is 7.13. The summed E-state index contributed by atoms with van der Waals surface area (Å²) >= 11 is 1.60. The van der Waals surface area contributed by atoms with Crippen molar-refractivity contribution in [2.45, 2.75) is 33.1 Å². The van der Waals surface area contributed by atoms with E-state index in [1.165, 1.54) is 21.3 Å². The average Bonchev–Trinajstić information content (AvgIpc) is 2.45. The minimum atomic E-state index is 0.145. The predicted molar refractivity (Wildman–Crippen MR) is 63.1 cm³/mol. The number of hydrogen-bond donors (Lipinski definition) is 0. The lowest BCUT2D eigenvalue weighted by atomic mass is 9.90. The van der Waals surface area contributed by atoms with E-state index < -0.39 is 0 Å². The van der Waals surface area contributed by atoms with Crippen LogP contribution in [0.5, 0.6) is 0 Å². The van der Waals surface area contributed by atoms with Gasteiger partial charge in [-0.25, -0.2) is 0 Å². The summed E-state index contributed by atoms with van der Waals surface area (Å²) in [6, 6.07) is 6.55. The van der Waals surface area contributed by atoms with Gasteiger partial charge < -0.3 is 0 Å². The highest BCUT2D eigenvalue weighted by Gasteiger charge is 2.20. The van der Waals surface area contributed by atoms with Crippen LogP contribution in [0.1, 0.15) is 32.0 Å². The van der Waals surface area contributed by atoms with E-state index in [2.05, 4.69) is 50.3 Å². The van der Waals surface area contributed by atoms with E-state index in [4.69, 9.17) is 0 Å². The van der Waals surface area contributed by atoms with Gasteiger partial charge in [0, 0.05) is 10.8 Å². The first-order valence-electron chi connectivity index (χ1n) is 4.85. The van der Waals surface area contributed by atoms with Crippen molar-refractivity contribution in [3.8, 4) is 0 Å². The first-order valence-corrected chi connectivity index (χ1v) is 5.62. The summed E-state index contributed by atoms with van der Waals surface area (Å²) in [7, 11) is 0. The fraction of sp³-hybridized carbons (Fsp3) is 0.417. The number of fused-ring (bicyclic) bond motifs is 1. The molecule has 0 saturated heterocycles. The first kappa shape index (κ1) is 9.66. The molecule has 2 aromatic rings. The van der Waals surface area contributed by atoms with Crippen molar-refractivity contribution in [2.24, 2.45) is 0 Å². The van der Waals surface area contributed by atoms with Crippen LogP contribution < -0.4 is 0 Å². The molecule has 0 aliphatic carbocycles. The Hall–Kier alpha value is -0.890. The molecule has 0 unspecified atom stereocenters. The Morgan fingerprint density at radius 2 is 1.93 bits per heavy atom. The number of hydrogen-bond acceptors (Lipinski definition) is 2. The zero-order valence-electron chi connectivity index (χ0n) is 9.09. The summed E-state index contributed by atoms with van der Waals surface area (Å²) in [6.45, 7) is 8.76. The van der Waals surface area contributed by atoms with Crippen molar-refractivity contribution in [2.75, 3.05) is 0 Å².